The van der Waals surface area contributed by atoms with Gasteiger partial charge in [0, 0.05) is 6.04 Å². The highest BCUT2D eigenvalue weighted by Gasteiger charge is 2.12. The molecular weight excluding hydrogens is 130 g/mol. The average molecular weight is 145 g/mol. The molecule has 60 valence electrons. The number of hydrogen-bond acceptors (Lipinski definition) is 3. The van der Waals surface area contributed by atoms with Gasteiger partial charge in [-0.05, 0) is 5.92 Å². The first-order chi connectivity index (χ1) is 4.57. The number of esters is 1. The lowest BCUT2D eigenvalue weighted by molar-refractivity contribution is -0.141. The minimum atomic E-state index is -0.235. The Balaban J connectivity index is 3.57. The fraction of sp³-hybridized carbons (Fsp3) is 0.857. The van der Waals surface area contributed by atoms with Crippen molar-refractivity contribution in [1.82, 2.24) is 0 Å². The summed E-state index contributed by atoms with van der Waals surface area (Å²) >= 11 is 0. The molecular formula is C7H15NO2. The van der Waals surface area contributed by atoms with E-state index in [9.17, 15) is 4.79 Å². The zero-order valence-corrected chi connectivity index (χ0v) is 6.76. The van der Waals surface area contributed by atoms with Crippen molar-refractivity contribution in [2.75, 3.05) is 7.11 Å². The van der Waals surface area contributed by atoms with E-state index >= 15 is 0 Å². The van der Waals surface area contributed by atoms with E-state index < -0.39 is 0 Å². The first kappa shape index (κ1) is 9.43. The summed E-state index contributed by atoms with van der Waals surface area (Å²) in [5, 5.41) is 0. The lowest BCUT2D eigenvalue weighted by Gasteiger charge is -2.12. The zero-order chi connectivity index (χ0) is 8.15. The molecule has 0 saturated heterocycles. The van der Waals surface area contributed by atoms with Gasteiger partial charge in [-0.2, -0.15) is 0 Å². The van der Waals surface area contributed by atoms with Gasteiger partial charge in [-0.25, -0.2) is 0 Å². The molecule has 0 fully saturated rings. The summed E-state index contributed by atoms with van der Waals surface area (Å²) in [6.45, 7) is 3.96. The van der Waals surface area contributed by atoms with E-state index in [-0.39, 0.29) is 12.0 Å². The van der Waals surface area contributed by atoms with E-state index in [1.807, 2.05) is 13.8 Å². The predicted molar refractivity (Wildman–Crippen MR) is 39.4 cm³/mol. The van der Waals surface area contributed by atoms with Crippen LogP contribution >= 0.6 is 0 Å². The molecule has 3 heteroatoms. The second-order valence-electron chi connectivity index (χ2n) is 2.69. The molecule has 0 aliphatic heterocycles. The minimum absolute atomic E-state index is 0.0764. The molecule has 0 unspecified atom stereocenters. The maximum atomic E-state index is 10.6. The van der Waals surface area contributed by atoms with Crippen LogP contribution in [0.5, 0.6) is 0 Å². The van der Waals surface area contributed by atoms with E-state index in [1.54, 1.807) is 0 Å². The quantitative estimate of drug-likeness (QED) is 0.589. The van der Waals surface area contributed by atoms with Gasteiger partial charge in [0.2, 0.25) is 0 Å². The predicted octanol–water partition coefficient (Wildman–Crippen LogP) is 0.533. The van der Waals surface area contributed by atoms with Gasteiger partial charge in [-0.15, -0.1) is 0 Å². The van der Waals surface area contributed by atoms with Crippen LogP contribution in [0.4, 0.5) is 0 Å². The van der Waals surface area contributed by atoms with Crippen LogP contribution in [0.1, 0.15) is 20.3 Å². The van der Waals surface area contributed by atoms with Crippen LogP contribution in [0.3, 0.4) is 0 Å². The van der Waals surface area contributed by atoms with Crippen LogP contribution in [0.2, 0.25) is 0 Å². The number of methoxy groups -OCH3 is 1. The number of carbonyl (C=O) groups excluding carboxylic acids is 1. The van der Waals surface area contributed by atoms with E-state index in [0.29, 0.717) is 12.3 Å². The van der Waals surface area contributed by atoms with Crippen molar-refractivity contribution in [3.63, 3.8) is 0 Å². The Labute approximate surface area is 61.5 Å². The molecule has 3 nitrogen and oxygen atoms in total. The lowest BCUT2D eigenvalue weighted by atomic mass is 10.0. The third kappa shape index (κ3) is 3.45. The lowest BCUT2D eigenvalue weighted by Crippen LogP contribution is -2.29. The fourth-order valence-electron chi connectivity index (χ4n) is 0.511. The van der Waals surface area contributed by atoms with Crippen LogP contribution in [0, 0.1) is 5.92 Å². The Morgan fingerprint density at radius 2 is 2.10 bits per heavy atom. The summed E-state index contributed by atoms with van der Waals surface area (Å²) in [5.74, 6) is 0.0975. The largest absolute Gasteiger partial charge is 0.469 e. The monoisotopic (exact) mass is 145 g/mol. The normalized spacial score (nSPS) is 13.3. The molecule has 0 rings (SSSR count). The zero-order valence-electron chi connectivity index (χ0n) is 6.76. The number of ether oxygens (including phenoxy) is 1. The molecule has 0 radical (unpaired) electrons. The van der Waals surface area contributed by atoms with Gasteiger partial charge >= 0.3 is 5.97 Å². The topological polar surface area (TPSA) is 52.3 Å². The van der Waals surface area contributed by atoms with Crippen LogP contribution in [-0.2, 0) is 9.53 Å². The molecule has 1 atom stereocenters. The van der Waals surface area contributed by atoms with Gasteiger partial charge in [-0.3, -0.25) is 4.79 Å². The highest BCUT2D eigenvalue weighted by molar-refractivity contribution is 5.69. The van der Waals surface area contributed by atoms with Crippen molar-refractivity contribution in [2.45, 2.75) is 26.3 Å². The molecule has 2 N–H and O–H groups in total. The van der Waals surface area contributed by atoms with Crippen LogP contribution in [-0.4, -0.2) is 19.1 Å². The second kappa shape index (κ2) is 4.28. The van der Waals surface area contributed by atoms with Crippen molar-refractivity contribution >= 4 is 5.97 Å². The molecule has 0 amide bonds. The summed E-state index contributed by atoms with van der Waals surface area (Å²) in [5.41, 5.74) is 5.59. The SMILES string of the molecule is COC(=O)C[C@@H](N)C(C)C. The minimum Gasteiger partial charge on any atom is -0.469 e. The van der Waals surface area contributed by atoms with Gasteiger partial charge in [0.1, 0.15) is 0 Å². The smallest absolute Gasteiger partial charge is 0.307 e. The summed E-state index contributed by atoms with van der Waals surface area (Å²) in [6, 6.07) is -0.0764. The molecule has 0 aromatic heterocycles. The number of carbonyl (C=O) groups is 1. The molecule has 0 aliphatic rings. The molecule has 0 saturated carbocycles. The average Bonchev–Trinajstić information content (AvgIpc) is 1.87. The van der Waals surface area contributed by atoms with Gasteiger partial charge in [0.05, 0.1) is 13.5 Å². The number of nitrogens with two attached hydrogens (primary N) is 1. The van der Waals surface area contributed by atoms with Crippen molar-refractivity contribution in [2.24, 2.45) is 11.7 Å². The van der Waals surface area contributed by atoms with Gasteiger partial charge < -0.3 is 10.5 Å². The van der Waals surface area contributed by atoms with Gasteiger partial charge in [-0.1, -0.05) is 13.8 Å². The van der Waals surface area contributed by atoms with Crippen LogP contribution in [0.15, 0.2) is 0 Å². The molecule has 0 aromatic rings. The molecule has 10 heavy (non-hydrogen) atoms. The Morgan fingerprint density at radius 3 is 2.40 bits per heavy atom. The molecule has 0 aliphatic carbocycles. The highest BCUT2D eigenvalue weighted by Crippen LogP contribution is 2.02. The van der Waals surface area contributed by atoms with Crippen molar-refractivity contribution < 1.29 is 9.53 Å². The summed E-state index contributed by atoms with van der Waals surface area (Å²) < 4.78 is 4.45. The Hall–Kier alpha value is -0.570. The maximum absolute atomic E-state index is 10.6. The first-order valence-corrected chi connectivity index (χ1v) is 3.40. The highest BCUT2D eigenvalue weighted by atomic mass is 16.5. The van der Waals surface area contributed by atoms with E-state index in [2.05, 4.69) is 4.74 Å². The van der Waals surface area contributed by atoms with E-state index in [0.717, 1.165) is 0 Å². The summed E-state index contributed by atoms with van der Waals surface area (Å²) in [6.07, 6.45) is 0.314. The van der Waals surface area contributed by atoms with Crippen LogP contribution < -0.4 is 5.73 Å². The standard InChI is InChI=1S/C7H15NO2/c1-5(2)6(8)4-7(9)10-3/h5-6H,4,8H2,1-3H3/t6-/m1/s1. The van der Waals surface area contributed by atoms with E-state index in [4.69, 9.17) is 5.73 Å². The Morgan fingerprint density at radius 1 is 1.60 bits per heavy atom. The van der Waals surface area contributed by atoms with Gasteiger partial charge in [0.15, 0.2) is 0 Å². The molecule has 0 spiro atoms. The maximum Gasteiger partial charge on any atom is 0.307 e. The van der Waals surface area contributed by atoms with E-state index in [1.165, 1.54) is 7.11 Å². The van der Waals surface area contributed by atoms with Gasteiger partial charge in [0.25, 0.3) is 0 Å². The second-order valence-corrected chi connectivity index (χ2v) is 2.69. The third-order valence-corrected chi connectivity index (χ3v) is 1.49. The number of hydrogen-bond donors (Lipinski definition) is 1. The Kier molecular flexibility index (Phi) is 4.03. The fourth-order valence-corrected chi connectivity index (χ4v) is 0.511. The van der Waals surface area contributed by atoms with Crippen molar-refractivity contribution in [3.05, 3.63) is 0 Å². The molecule has 0 aromatic carbocycles. The van der Waals surface area contributed by atoms with Crippen molar-refractivity contribution in [3.8, 4) is 0 Å². The van der Waals surface area contributed by atoms with Crippen LogP contribution in [0.25, 0.3) is 0 Å². The molecule has 0 bridgehead atoms. The first-order valence-electron chi connectivity index (χ1n) is 3.40. The number of rotatable bonds is 3. The summed E-state index contributed by atoms with van der Waals surface area (Å²) in [7, 11) is 1.37. The van der Waals surface area contributed by atoms with Crippen molar-refractivity contribution in [1.29, 1.82) is 0 Å². The molecule has 0 heterocycles. The summed E-state index contributed by atoms with van der Waals surface area (Å²) in [4.78, 5) is 10.6. The Bertz CT molecular complexity index is 112. The third-order valence-electron chi connectivity index (χ3n) is 1.49.